The van der Waals surface area contributed by atoms with E-state index in [0.29, 0.717) is 46.2 Å². The molecule has 0 saturated heterocycles. The van der Waals surface area contributed by atoms with Crippen LogP contribution in [0.25, 0.3) is 5.57 Å². The van der Waals surface area contributed by atoms with Crippen molar-refractivity contribution >= 4 is 40.5 Å². The Kier molecular flexibility index (Phi) is 7.93. The number of ketones is 1. The van der Waals surface area contributed by atoms with Gasteiger partial charge < -0.3 is 4.74 Å². The minimum Gasteiger partial charge on any atom is -0.430 e. The highest BCUT2D eigenvalue weighted by atomic mass is 35.5. The summed E-state index contributed by atoms with van der Waals surface area (Å²) in [4.78, 5) is 25.2. The van der Waals surface area contributed by atoms with E-state index < -0.39 is 0 Å². The number of Topliss-reactive ketones (excluding diaryl/α,β-unsaturated/α-hetero) is 1. The SMILES string of the molecule is CCCCCCCC(=O)OC1=C(c2cc(Cl)cc(Cl)c2)C(=O)CC(C)(C)C1. The number of carbonyl (C=O) groups is 2. The molecule has 2 rings (SSSR count). The zero-order valence-electron chi connectivity index (χ0n) is 16.4. The van der Waals surface area contributed by atoms with E-state index in [-0.39, 0.29) is 17.2 Å². The fourth-order valence-electron chi connectivity index (χ4n) is 3.43. The minimum absolute atomic E-state index is 0.0460. The van der Waals surface area contributed by atoms with E-state index >= 15 is 0 Å². The molecule has 1 aromatic carbocycles. The Morgan fingerprint density at radius 3 is 2.30 bits per heavy atom. The second-order valence-electron chi connectivity index (χ2n) is 8.04. The molecule has 5 heteroatoms. The van der Waals surface area contributed by atoms with Gasteiger partial charge in [0, 0.05) is 29.3 Å². The Hall–Kier alpha value is -1.32. The molecule has 0 N–H and O–H groups in total. The van der Waals surface area contributed by atoms with E-state index in [1.165, 1.54) is 12.8 Å². The van der Waals surface area contributed by atoms with Crippen LogP contribution in [0, 0.1) is 5.41 Å². The van der Waals surface area contributed by atoms with Crippen LogP contribution in [0.2, 0.25) is 10.0 Å². The predicted molar refractivity (Wildman–Crippen MR) is 111 cm³/mol. The van der Waals surface area contributed by atoms with Crippen molar-refractivity contribution in [2.75, 3.05) is 0 Å². The van der Waals surface area contributed by atoms with Gasteiger partial charge in [0.1, 0.15) is 5.76 Å². The van der Waals surface area contributed by atoms with Gasteiger partial charge in [-0.2, -0.15) is 0 Å². The van der Waals surface area contributed by atoms with Crippen LogP contribution >= 0.6 is 23.2 Å². The number of unbranched alkanes of at least 4 members (excludes halogenated alkanes) is 4. The summed E-state index contributed by atoms with van der Waals surface area (Å²) in [5.74, 6) is 0.112. The zero-order valence-corrected chi connectivity index (χ0v) is 17.9. The van der Waals surface area contributed by atoms with E-state index in [2.05, 4.69) is 6.92 Å². The van der Waals surface area contributed by atoms with Crippen molar-refractivity contribution in [2.45, 2.75) is 72.1 Å². The van der Waals surface area contributed by atoms with Crippen molar-refractivity contribution in [2.24, 2.45) is 5.41 Å². The molecule has 0 amide bonds. The lowest BCUT2D eigenvalue weighted by atomic mass is 9.75. The summed E-state index contributed by atoms with van der Waals surface area (Å²) in [7, 11) is 0. The molecule has 3 nitrogen and oxygen atoms in total. The molecule has 0 fully saturated rings. The Bertz CT molecular complexity index is 715. The number of ether oxygens (including phenoxy) is 1. The third kappa shape index (κ3) is 6.65. The van der Waals surface area contributed by atoms with Crippen LogP contribution < -0.4 is 0 Å². The minimum atomic E-state index is -0.280. The summed E-state index contributed by atoms with van der Waals surface area (Å²) in [5.41, 5.74) is 0.788. The summed E-state index contributed by atoms with van der Waals surface area (Å²) in [6, 6.07) is 5.00. The highest BCUT2D eigenvalue weighted by Gasteiger charge is 2.35. The zero-order chi connectivity index (χ0) is 20.0. The van der Waals surface area contributed by atoms with Crippen molar-refractivity contribution in [1.82, 2.24) is 0 Å². The van der Waals surface area contributed by atoms with Gasteiger partial charge in [0.15, 0.2) is 5.78 Å². The first-order chi connectivity index (χ1) is 12.7. The lowest BCUT2D eigenvalue weighted by molar-refractivity contribution is -0.140. The van der Waals surface area contributed by atoms with Crippen molar-refractivity contribution in [3.63, 3.8) is 0 Å². The molecule has 1 aliphatic carbocycles. The first-order valence-corrected chi connectivity index (χ1v) is 10.4. The summed E-state index contributed by atoms with van der Waals surface area (Å²) in [6.07, 6.45) is 6.59. The predicted octanol–water partition coefficient (Wildman–Crippen LogP) is 7.00. The van der Waals surface area contributed by atoms with Gasteiger partial charge in [0.05, 0.1) is 5.57 Å². The first-order valence-electron chi connectivity index (χ1n) is 9.65. The van der Waals surface area contributed by atoms with Gasteiger partial charge in [-0.15, -0.1) is 0 Å². The molecule has 1 aromatic rings. The van der Waals surface area contributed by atoms with Crippen LogP contribution in [0.5, 0.6) is 0 Å². The second kappa shape index (κ2) is 9.75. The lowest BCUT2D eigenvalue weighted by Gasteiger charge is -2.31. The van der Waals surface area contributed by atoms with Gasteiger partial charge in [0.25, 0.3) is 0 Å². The highest BCUT2D eigenvalue weighted by Crippen LogP contribution is 2.41. The standard InChI is InChI=1S/C22H28Cl2O3/c1-4-5-6-7-8-9-20(26)27-19-14-22(2,3)13-18(25)21(19)15-10-16(23)12-17(24)11-15/h10-12H,4-9,13-14H2,1-3H3. The second-order valence-corrected chi connectivity index (χ2v) is 8.91. The summed E-state index contributed by atoms with van der Waals surface area (Å²) >= 11 is 12.2. The van der Waals surface area contributed by atoms with E-state index in [0.717, 1.165) is 19.3 Å². The first kappa shape index (κ1) is 22.0. The molecule has 27 heavy (non-hydrogen) atoms. The van der Waals surface area contributed by atoms with Gasteiger partial charge in [-0.1, -0.05) is 69.7 Å². The van der Waals surface area contributed by atoms with Gasteiger partial charge in [-0.25, -0.2) is 0 Å². The molecule has 1 aliphatic rings. The molecule has 0 bridgehead atoms. The molecule has 0 spiro atoms. The van der Waals surface area contributed by atoms with Crippen LogP contribution in [-0.4, -0.2) is 11.8 Å². The summed E-state index contributed by atoms with van der Waals surface area (Å²) in [6.45, 7) is 6.17. The molecule has 0 heterocycles. The van der Waals surface area contributed by atoms with E-state index in [1.54, 1.807) is 18.2 Å². The summed E-state index contributed by atoms with van der Waals surface area (Å²) in [5, 5.41) is 0.897. The van der Waals surface area contributed by atoms with Crippen molar-refractivity contribution in [3.05, 3.63) is 39.6 Å². The molecule has 0 aliphatic heterocycles. The molecule has 0 radical (unpaired) electrons. The number of halogens is 2. The normalized spacial score (nSPS) is 16.6. The third-order valence-corrected chi connectivity index (χ3v) is 5.15. The van der Waals surface area contributed by atoms with Crippen molar-refractivity contribution in [1.29, 1.82) is 0 Å². The maximum absolute atomic E-state index is 12.8. The molecule has 0 unspecified atom stereocenters. The molecule has 0 saturated carbocycles. The number of hydrogen-bond acceptors (Lipinski definition) is 3. The molecule has 0 aromatic heterocycles. The van der Waals surface area contributed by atoms with Gasteiger partial charge in [-0.3, -0.25) is 9.59 Å². The maximum Gasteiger partial charge on any atom is 0.310 e. The van der Waals surface area contributed by atoms with Gasteiger partial charge in [0.2, 0.25) is 0 Å². The molecule has 148 valence electrons. The molecular weight excluding hydrogens is 383 g/mol. The quantitative estimate of drug-likeness (QED) is 0.342. The number of hydrogen-bond donors (Lipinski definition) is 0. The van der Waals surface area contributed by atoms with E-state index in [1.807, 2.05) is 13.8 Å². The largest absolute Gasteiger partial charge is 0.430 e. The fraction of sp³-hybridized carbons (Fsp3) is 0.545. The van der Waals surface area contributed by atoms with E-state index in [4.69, 9.17) is 27.9 Å². The van der Waals surface area contributed by atoms with Crippen LogP contribution in [0.4, 0.5) is 0 Å². The number of benzene rings is 1. The smallest absolute Gasteiger partial charge is 0.310 e. The molecule has 0 atom stereocenters. The average molecular weight is 411 g/mol. The Morgan fingerprint density at radius 2 is 1.67 bits per heavy atom. The van der Waals surface area contributed by atoms with Gasteiger partial charge in [-0.05, 0) is 35.6 Å². The Labute approximate surface area is 172 Å². The van der Waals surface area contributed by atoms with Crippen molar-refractivity contribution < 1.29 is 14.3 Å². The highest BCUT2D eigenvalue weighted by molar-refractivity contribution is 6.35. The van der Waals surface area contributed by atoms with Crippen LogP contribution in [0.3, 0.4) is 0 Å². The third-order valence-electron chi connectivity index (χ3n) is 4.71. The number of allylic oxidation sites excluding steroid dienone is 2. The number of carbonyl (C=O) groups excluding carboxylic acids is 2. The monoisotopic (exact) mass is 410 g/mol. The van der Waals surface area contributed by atoms with Crippen LogP contribution in [0.15, 0.2) is 24.0 Å². The average Bonchev–Trinajstić information content (AvgIpc) is 2.52. The summed E-state index contributed by atoms with van der Waals surface area (Å²) < 4.78 is 5.68. The van der Waals surface area contributed by atoms with Crippen molar-refractivity contribution in [3.8, 4) is 0 Å². The Balaban J connectivity index is 2.22. The van der Waals surface area contributed by atoms with Crippen LogP contribution in [-0.2, 0) is 14.3 Å². The van der Waals surface area contributed by atoms with Crippen LogP contribution in [0.1, 0.15) is 77.7 Å². The number of esters is 1. The fourth-order valence-corrected chi connectivity index (χ4v) is 3.96. The van der Waals surface area contributed by atoms with E-state index in [9.17, 15) is 9.59 Å². The Morgan fingerprint density at radius 1 is 1.04 bits per heavy atom. The maximum atomic E-state index is 12.8. The number of rotatable bonds is 8. The lowest BCUT2D eigenvalue weighted by Crippen LogP contribution is -2.27. The topological polar surface area (TPSA) is 43.4 Å². The van der Waals surface area contributed by atoms with Gasteiger partial charge >= 0.3 is 5.97 Å². The molecular formula is C22H28Cl2O3.